The van der Waals surface area contributed by atoms with Gasteiger partial charge in [-0.05, 0) is 20.5 Å². The van der Waals surface area contributed by atoms with E-state index in [1.165, 1.54) is 0 Å². The number of amides is 1. The normalized spacial score (nSPS) is 12.6. The SMILES string of the molecule is CCC(NC(=O)OCCN(C)C)OC. The van der Waals surface area contributed by atoms with E-state index in [-0.39, 0.29) is 6.23 Å². The molecule has 0 saturated carbocycles. The van der Waals surface area contributed by atoms with Crippen LogP contribution in [-0.2, 0) is 9.47 Å². The minimum absolute atomic E-state index is 0.262. The third-order valence-corrected chi connectivity index (χ3v) is 1.71. The molecular weight excluding hydrogens is 184 g/mol. The zero-order valence-electron chi connectivity index (χ0n) is 9.37. The minimum atomic E-state index is -0.430. The molecule has 0 aromatic heterocycles. The van der Waals surface area contributed by atoms with E-state index in [2.05, 4.69) is 5.32 Å². The van der Waals surface area contributed by atoms with E-state index in [0.29, 0.717) is 6.61 Å². The average Bonchev–Trinajstić information content (AvgIpc) is 2.13. The minimum Gasteiger partial charge on any atom is -0.448 e. The summed E-state index contributed by atoms with van der Waals surface area (Å²) in [6.07, 6.45) is 0.0293. The van der Waals surface area contributed by atoms with Crippen molar-refractivity contribution in [2.75, 3.05) is 34.4 Å². The number of nitrogens with zero attached hydrogens (tertiary/aromatic N) is 1. The van der Waals surface area contributed by atoms with Gasteiger partial charge in [0.1, 0.15) is 12.8 Å². The number of nitrogens with one attached hydrogen (secondary N) is 1. The molecule has 1 unspecified atom stereocenters. The van der Waals surface area contributed by atoms with Crippen molar-refractivity contribution in [1.29, 1.82) is 0 Å². The van der Waals surface area contributed by atoms with Crippen molar-refractivity contribution in [3.8, 4) is 0 Å². The van der Waals surface area contributed by atoms with Gasteiger partial charge in [0.25, 0.3) is 0 Å². The second kappa shape index (κ2) is 7.58. The highest BCUT2D eigenvalue weighted by Crippen LogP contribution is 1.91. The largest absolute Gasteiger partial charge is 0.448 e. The van der Waals surface area contributed by atoms with Crippen LogP contribution < -0.4 is 5.32 Å². The third-order valence-electron chi connectivity index (χ3n) is 1.71. The summed E-state index contributed by atoms with van der Waals surface area (Å²) in [7, 11) is 5.39. The maximum Gasteiger partial charge on any atom is 0.409 e. The Morgan fingerprint density at radius 1 is 1.50 bits per heavy atom. The molecule has 5 nitrogen and oxygen atoms in total. The molecule has 0 saturated heterocycles. The number of alkyl carbamates (subject to hydrolysis) is 1. The van der Waals surface area contributed by atoms with E-state index in [4.69, 9.17) is 9.47 Å². The Balaban J connectivity index is 3.54. The molecule has 0 aliphatic rings. The Morgan fingerprint density at radius 3 is 2.57 bits per heavy atom. The van der Waals surface area contributed by atoms with Gasteiger partial charge in [-0.1, -0.05) is 6.92 Å². The van der Waals surface area contributed by atoms with Crippen molar-refractivity contribution >= 4 is 6.09 Å². The van der Waals surface area contributed by atoms with E-state index in [1.807, 2.05) is 25.9 Å². The molecular formula is C9H20N2O3. The van der Waals surface area contributed by atoms with Crippen LogP contribution in [0.1, 0.15) is 13.3 Å². The van der Waals surface area contributed by atoms with Gasteiger partial charge in [-0.15, -0.1) is 0 Å². The predicted octanol–water partition coefficient (Wildman–Crippen LogP) is 0.657. The molecule has 0 rings (SSSR count). The maximum atomic E-state index is 11.1. The molecule has 5 heteroatoms. The Morgan fingerprint density at radius 2 is 2.14 bits per heavy atom. The highest BCUT2D eigenvalue weighted by Gasteiger charge is 2.09. The first-order valence-corrected chi connectivity index (χ1v) is 4.71. The number of hydrogen-bond donors (Lipinski definition) is 1. The van der Waals surface area contributed by atoms with Crippen LogP contribution in [-0.4, -0.2) is 51.6 Å². The van der Waals surface area contributed by atoms with E-state index >= 15 is 0 Å². The molecule has 0 spiro atoms. The van der Waals surface area contributed by atoms with E-state index in [0.717, 1.165) is 13.0 Å². The van der Waals surface area contributed by atoms with E-state index in [9.17, 15) is 4.79 Å². The fraction of sp³-hybridized carbons (Fsp3) is 0.889. The van der Waals surface area contributed by atoms with Crippen LogP contribution >= 0.6 is 0 Å². The lowest BCUT2D eigenvalue weighted by Gasteiger charge is -2.15. The number of methoxy groups -OCH3 is 1. The van der Waals surface area contributed by atoms with Crippen molar-refractivity contribution in [3.05, 3.63) is 0 Å². The van der Waals surface area contributed by atoms with Crippen LogP contribution in [0.5, 0.6) is 0 Å². The summed E-state index contributed by atoms with van der Waals surface area (Å²) in [6.45, 7) is 3.03. The Labute approximate surface area is 85.4 Å². The Bertz CT molecular complexity index is 158. The first-order chi connectivity index (χ1) is 6.60. The summed E-state index contributed by atoms with van der Waals surface area (Å²) in [6, 6.07) is 0. The van der Waals surface area contributed by atoms with E-state index in [1.54, 1.807) is 7.11 Å². The van der Waals surface area contributed by atoms with Gasteiger partial charge in [-0.25, -0.2) is 4.79 Å². The second-order valence-corrected chi connectivity index (χ2v) is 3.22. The van der Waals surface area contributed by atoms with Gasteiger partial charge in [-0.2, -0.15) is 0 Å². The lowest BCUT2D eigenvalue weighted by Crippen LogP contribution is -2.37. The van der Waals surface area contributed by atoms with Crippen molar-refractivity contribution in [1.82, 2.24) is 10.2 Å². The Hall–Kier alpha value is -0.810. The average molecular weight is 204 g/mol. The molecule has 0 aliphatic heterocycles. The van der Waals surface area contributed by atoms with Crippen LogP contribution in [0.25, 0.3) is 0 Å². The fourth-order valence-electron chi connectivity index (χ4n) is 0.822. The van der Waals surface area contributed by atoms with Gasteiger partial charge < -0.3 is 14.4 Å². The molecule has 0 aromatic carbocycles. The molecule has 0 bridgehead atoms. The summed E-state index contributed by atoms with van der Waals surface area (Å²) < 4.78 is 9.89. The second-order valence-electron chi connectivity index (χ2n) is 3.22. The number of hydrogen-bond acceptors (Lipinski definition) is 4. The van der Waals surface area contributed by atoms with Crippen LogP contribution in [0, 0.1) is 0 Å². The van der Waals surface area contributed by atoms with Gasteiger partial charge >= 0.3 is 6.09 Å². The van der Waals surface area contributed by atoms with Crippen LogP contribution in [0.15, 0.2) is 0 Å². The summed E-state index contributed by atoms with van der Waals surface area (Å²) >= 11 is 0. The first-order valence-electron chi connectivity index (χ1n) is 4.71. The van der Waals surface area contributed by atoms with Gasteiger partial charge in [-0.3, -0.25) is 5.32 Å². The highest BCUT2D eigenvalue weighted by molar-refractivity contribution is 5.67. The van der Waals surface area contributed by atoms with Crippen molar-refractivity contribution in [3.63, 3.8) is 0 Å². The number of rotatable bonds is 6. The van der Waals surface area contributed by atoms with Crippen LogP contribution in [0.3, 0.4) is 0 Å². The van der Waals surface area contributed by atoms with Crippen molar-refractivity contribution < 1.29 is 14.3 Å². The zero-order valence-corrected chi connectivity index (χ0v) is 9.37. The third kappa shape index (κ3) is 6.68. The fourth-order valence-corrected chi connectivity index (χ4v) is 0.822. The lowest BCUT2D eigenvalue weighted by atomic mass is 10.4. The lowest BCUT2D eigenvalue weighted by molar-refractivity contribution is 0.0580. The molecule has 1 atom stereocenters. The predicted molar refractivity (Wildman–Crippen MR) is 54.1 cm³/mol. The molecule has 84 valence electrons. The summed E-state index contributed by atoms with van der Waals surface area (Å²) in [5, 5.41) is 2.59. The molecule has 0 aromatic rings. The molecule has 0 radical (unpaired) electrons. The monoisotopic (exact) mass is 204 g/mol. The van der Waals surface area contributed by atoms with Crippen molar-refractivity contribution in [2.24, 2.45) is 0 Å². The standard InChI is InChI=1S/C9H20N2O3/c1-5-8(13-4)10-9(12)14-7-6-11(2)3/h8H,5-7H2,1-4H3,(H,10,12). The molecule has 14 heavy (non-hydrogen) atoms. The van der Waals surface area contributed by atoms with Crippen LogP contribution in [0.2, 0.25) is 0 Å². The molecule has 0 heterocycles. The molecule has 0 aliphatic carbocycles. The smallest absolute Gasteiger partial charge is 0.409 e. The van der Waals surface area contributed by atoms with Gasteiger partial charge in [0.15, 0.2) is 0 Å². The summed E-state index contributed by atoms with van der Waals surface area (Å²) in [5.41, 5.74) is 0. The summed E-state index contributed by atoms with van der Waals surface area (Å²) in [5.74, 6) is 0. The zero-order chi connectivity index (χ0) is 11.0. The quantitative estimate of drug-likeness (QED) is 0.646. The molecule has 1 N–H and O–H groups in total. The number of carbonyl (C=O) groups is 1. The number of likely N-dealkylation sites (N-methyl/N-ethyl adjacent to an activating group) is 1. The highest BCUT2D eigenvalue weighted by atomic mass is 16.6. The maximum absolute atomic E-state index is 11.1. The first kappa shape index (κ1) is 13.2. The van der Waals surface area contributed by atoms with Crippen molar-refractivity contribution in [2.45, 2.75) is 19.6 Å². The number of carbonyl (C=O) groups excluding carboxylic acids is 1. The van der Waals surface area contributed by atoms with Gasteiger partial charge in [0.05, 0.1) is 0 Å². The van der Waals surface area contributed by atoms with Crippen LogP contribution in [0.4, 0.5) is 4.79 Å². The molecule has 0 fully saturated rings. The summed E-state index contributed by atoms with van der Waals surface area (Å²) in [4.78, 5) is 13.1. The van der Waals surface area contributed by atoms with Gasteiger partial charge in [0, 0.05) is 13.7 Å². The Kier molecular flexibility index (Phi) is 7.14. The van der Waals surface area contributed by atoms with Gasteiger partial charge in [0.2, 0.25) is 0 Å². The van der Waals surface area contributed by atoms with E-state index < -0.39 is 6.09 Å². The topological polar surface area (TPSA) is 50.8 Å². The number of ether oxygens (including phenoxy) is 2. The molecule has 1 amide bonds.